The van der Waals surface area contributed by atoms with E-state index in [0.717, 1.165) is 39.1 Å². The van der Waals surface area contributed by atoms with Crippen LogP contribution in [0.2, 0.25) is 0 Å². The summed E-state index contributed by atoms with van der Waals surface area (Å²) in [6.07, 6.45) is 0. The van der Waals surface area contributed by atoms with Gasteiger partial charge in [-0.3, -0.25) is 0 Å². The van der Waals surface area contributed by atoms with Crippen LogP contribution in [0.3, 0.4) is 0 Å². The van der Waals surface area contributed by atoms with Gasteiger partial charge in [0, 0.05) is 16.5 Å². The summed E-state index contributed by atoms with van der Waals surface area (Å²) >= 11 is 0. The van der Waals surface area contributed by atoms with Crippen LogP contribution in [0, 0.1) is 6.57 Å². The van der Waals surface area contributed by atoms with Gasteiger partial charge < -0.3 is 4.57 Å². The third kappa shape index (κ3) is 5.10. The van der Waals surface area contributed by atoms with Crippen LogP contribution < -0.4 is 0 Å². The highest BCUT2D eigenvalue weighted by molar-refractivity contribution is 6.21. The zero-order valence-corrected chi connectivity index (χ0v) is 28.9. The molecule has 2 nitrogen and oxygen atoms in total. The molecule has 53 heavy (non-hydrogen) atoms. The van der Waals surface area contributed by atoms with E-state index >= 15 is 0 Å². The Kier molecular flexibility index (Phi) is 7.23. The van der Waals surface area contributed by atoms with E-state index in [4.69, 9.17) is 6.57 Å². The Morgan fingerprint density at radius 1 is 0.321 bits per heavy atom. The first-order valence-corrected chi connectivity index (χ1v) is 18.0. The minimum Gasteiger partial charge on any atom is -0.309 e. The molecule has 0 aliphatic rings. The number of benzene rings is 9. The number of rotatable bonds is 5. The predicted molar refractivity (Wildman–Crippen MR) is 224 cm³/mol. The first-order valence-electron chi connectivity index (χ1n) is 18.0. The smallest absolute Gasteiger partial charge is 0.188 e. The molecule has 1 aromatic heterocycles. The molecule has 10 rings (SSSR count). The quantitative estimate of drug-likeness (QED) is 0.127. The van der Waals surface area contributed by atoms with Crippen LogP contribution in [0.5, 0.6) is 0 Å². The average molecular weight is 673 g/mol. The molecule has 0 saturated carbocycles. The monoisotopic (exact) mass is 672 g/mol. The van der Waals surface area contributed by atoms with Crippen molar-refractivity contribution in [2.24, 2.45) is 0 Å². The van der Waals surface area contributed by atoms with Gasteiger partial charge in [-0.2, -0.15) is 0 Å². The SMILES string of the molecule is [C-]#[N+]c1cc(-c2ccc(-c3ccc(-n4c5ccccc5c5ccccc54)cc3)cc2)cc(-c2c3ccccc3c(-c3ccccc3)c3ccccc23)c1. The summed E-state index contributed by atoms with van der Waals surface area (Å²) < 4.78 is 2.35. The Morgan fingerprint density at radius 3 is 1.23 bits per heavy atom. The maximum absolute atomic E-state index is 8.06. The van der Waals surface area contributed by atoms with E-state index in [1.165, 1.54) is 54.5 Å². The summed E-state index contributed by atoms with van der Waals surface area (Å²) in [7, 11) is 0. The number of hydrogen-bond donors (Lipinski definition) is 0. The molecule has 0 spiro atoms. The molecule has 0 N–H and O–H groups in total. The van der Waals surface area contributed by atoms with Gasteiger partial charge in [0.05, 0.1) is 17.6 Å². The fourth-order valence-corrected chi connectivity index (χ4v) is 8.20. The first kappa shape index (κ1) is 30.6. The second-order valence-corrected chi connectivity index (χ2v) is 13.6. The first-order chi connectivity index (χ1) is 26.2. The van der Waals surface area contributed by atoms with Crippen molar-refractivity contribution in [1.82, 2.24) is 4.57 Å². The number of nitrogens with zero attached hydrogens (tertiary/aromatic N) is 2. The summed E-state index contributed by atoms with van der Waals surface area (Å²) in [5.74, 6) is 0. The molecular weight excluding hydrogens is 641 g/mol. The van der Waals surface area contributed by atoms with E-state index in [2.05, 4.69) is 191 Å². The van der Waals surface area contributed by atoms with Gasteiger partial charge in [0.15, 0.2) is 5.69 Å². The van der Waals surface area contributed by atoms with Gasteiger partial charge in [0.25, 0.3) is 0 Å². The summed E-state index contributed by atoms with van der Waals surface area (Å²) in [6.45, 7) is 8.06. The number of fused-ring (bicyclic) bond motifs is 5. The van der Waals surface area contributed by atoms with Crippen LogP contribution in [0.15, 0.2) is 194 Å². The van der Waals surface area contributed by atoms with Crippen molar-refractivity contribution < 1.29 is 0 Å². The molecule has 0 amide bonds. The summed E-state index contributed by atoms with van der Waals surface area (Å²) in [6, 6.07) is 69.1. The van der Waals surface area contributed by atoms with Crippen LogP contribution in [-0.2, 0) is 0 Å². The Hall–Kier alpha value is -7.21. The second-order valence-electron chi connectivity index (χ2n) is 13.6. The summed E-state index contributed by atoms with van der Waals surface area (Å²) in [5.41, 5.74) is 13.2. The predicted octanol–water partition coefficient (Wildman–Crippen LogP) is 14.3. The molecule has 0 fully saturated rings. The molecule has 9 aromatic carbocycles. The zero-order valence-electron chi connectivity index (χ0n) is 28.9. The van der Waals surface area contributed by atoms with Crippen molar-refractivity contribution in [2.45, 2.75) is 0 Å². The van der Waals surface area contributed by atoms with Gasteiger partial charge in [-0.25, -0.2) is 4.85 Å². The van der Waals surface area contributed by atoms with Crippen LogP contribution in [0.25, 0.3) is 98.4 Å². The van der Waals surface area contributed by atoms with Crippen LogP contribution in [-0.4, -0.2) is 4.57 Å². The number of aromatic nitrogens is 1. The van der Waals surface area contributed by atoms with Gasteiger partial charge in [0.1, 0.15) is 0 Å². The van der Waals surface area contributed by atoms with Gasteiger partial charge >= 0.3 is 0 Å². The van der Waals surface area contributed by atoms with E-state index in [1.54, 1.807) is 0 Å². The van der Waals surface area contributed by atoms with Gasteiger partial charge in [0.2, 0.25) is 0 Å². The van der Waals surface area contributed by atoms with Crippen molar-refractivity contribution >= 4 is 49.0 Å². The highest BCUT2D eigenvalue weighted by Crippen LogP contribution is 2.45. The molecule has 2 heteroatoms. The van der Waals surface area contributed by atoms with Gasteiger partial charge in [-0.05, 0) is 109 Å². The molecule has 246 valence electrons. The van der Waals surface area contributed by atoms with Crippen molar-refractivity contribution in [1.29, 1.82) is 0 Å². The third-order valence-electron chi connectivity index (χ3n) is 10.6. The highest BCUT2D eigenvalue weighted by Gasteiger charge is 2.18. The molecule has 0 unspecified atom stereocenters. The second kappa shape index (κ2) is 12.5. The number of para-hydroxylation sites is 2. The largest absolute Gasteiger partial charge is 0.309 e. The Morgan fingerprint density at radius 2 is 0.717 bits per heavy atom. The fraction of sp³-hybridized carbons (Fsp3) is 0. The molecular formula is C51H32N2. The minimum absolute atomic E-state index is 0.627. The lowest BCUT2D eigenvalue weighted by atomic mass is 9.85. The van der Waals surface area contributed by atoms with E-state index in [-0.39, 0.29) is 0 Å². The van der Waals surface area contributed by atoms with Gasteiger partial charge in [-0.15, -0.1) is 0 Å². The maximum Gasteiger partial charge on any atom is 0.188 e. The lowest BCUT2D eigenvalue weighted by Crippen LogP contribution is -1.93. The Bertz CT molecular complexity index is 2920. The van der Waals surface area contributed by atoms with Crippen molar-refractivity contribution in [3.63, 3.8) is 0 Å². The van der Waals surface area contributed by atoms with Crippen molar-refractivity contribution in [3.05, 3.63) is 206 Å². The Balaban J connectivity index is 1.05. The standard InChI is InChI=1S/C51H32N2/c1-52-40-32-38(31-39(33-40)51-46-19-7-5-17-44(46)50(37-13-3-2-4-14-37)45-18-6-8-20-47(45)51)36-25-23-34(24-26-36)35-27-29-41(30-28-35)53-48-21-11-9-15-42(48)43-16-10-12-22-49(43)53/h2-33H. The van der Waals surface area contributed by atoms with E-state index < -0.39 is 0 Å². The molecule has 0 aliphatic heterocycles. The van der Waals surface area contributed by atoms with Crippen LogP contribution in [0.1, 0.15) is 0 Å². The molecule has 0 saturated heterocycles. The normalized spacial score (nSPS) is 11.4. The van der Waals surface area contributed by atoms with Crippen LogP contribution >= 0.6 is 0 Å². The van der Waals surface area contributed by atoms with E-state index in [0.29, 0.717) is 5.69 Å². The topological polar surface area (TPSA) is 9.29 Å². The lowest BCUT2D eigenvalue weighted by molar-refractivity contribution is 1.18. The summed E-state index contributed by atoms with van der Waals surface area (Å²) in [5, 5.41) is 7.29. The third-order valence-corrected chi connectivity index (χ3v) is 10.6. The molecule has 0 bridgehead atoms. The molecule has 0 atom stereocenters. The Labute approximate surface area is 308 Å². The molecule has 0 radical (unpaired) electrons. The average Bonchev–Trinajstić information content (AvgIpc) is 3.57. The summed E-state index contributed by atoms with van der Waals surface area (Å²) in [4.78, 5) is 3.95. The minimum atomic E-state index is 0.627. The maximum atomic E-state index is 8.06. The zero-order chi connectivity index (χ0) is 35.3. The van der Waals surface area contributed by atoms with Gasteiger partial charge in [-0.1, -0.05) is 152 Å². The molecule has 0 aliphatic carbocycles. The molecule has 10 aromatic rings. The number of hydrogen-bond acceptors (Lipinski definition) is 0. The van der Waals surface area contributed by atoms with E-state index in [9.17, 15) is 0 Å². The van der Waals surface area contributed by atoms with Crippen LogP contribution in [0.4, 0.5) is 5.69 Å². The van der Waals surface area contributed by atoms with Crippen molar-refractivity contribution in [3.8, 4) is 50.2 Å². The van der Waals surface area contributed by atoms with E-state index in [1.807, 2.05) is 12.1 Å². The van der Waals surface area contributed by atoms with Crippen molar-refractivity contribution in [2.75, 3.05) is 0 Å². The fourth-order valence-electron chi connectivity index (χ4n) is 8.20. The molecule has 1 heterocycles. The lowest BCUT2D eigenvalue weighted by Gasteiger charge is -2.18. The highest BCUT2D eigenvalue weighted by atomic mass is 15.0.